The van der Waals surface area contributed by atoms with E-state index in [0.29, 0.717) is 25.9 Å². The summed E-state index contributed by atoms with van der Waals surface area (Å²) in [6, 6.07) is 3.95. The van der Waals surface area contributed by atoms with E-state index in [0.717, 1.165) is 0 Å². The van der Waals surface area contributed by atoms with Crippen molar-refractivity contribution in [3.63, 3.8) is 0 Å². The predicted molar refractivity (Wildman–Crippen MR) is 70.0 cm³/mol. The first-order valence-electron chi connectivity index (χ1n) is 6.02. The minimum absolute atomic E-state index is 0.0550. The number of hydrogen-bond acceptors (Lipinski definition) is 3. The van der Waals surface area contributed by atoms with Crippen LogP contribution in [-0.2, 0) is 10.0 Å². The van der Waals surface area contributed by atoms with Gasteiger partial charge in [-0.2, -0.15) is 4.31 Å². The second-order valence-electron chi connectivity index (χ2n) is 4.58. The second-order valence-corrected chi connectivity index (χ2v) is 6.90. The van der Waals surface area contributed by atoms with Crippen molar-refractivity contribution in [3.8, 4) is 0 Å². The van der Waals surface area contributed by atoms with E-state index >= 15 is 0 Å². The van der Waals surface area contributed by atoms with Crippen LogP contribution in [0.1, 0.15) is 12.8 Å². The van der Waals surface area contributed by atoms with Gasteiger partial charge in [-0.3, -0.25) is 0 Å². The van der Waals surface area contributed by atoms with E-state index in [2.05, 4.69) is 0 Å². The van der Waals surface area contributed by atoms with Crippen molar-refractivity contribution in [2.24, 2.45) is 5.92 Å². The van der Waals surface area contributed by atoms with Crippen LogP contribution in [0.5, 0.6) is 0 Å². The van der Waals surface area contributed by atoms with Crippen molar-refractivity contribution in [1.29, 1.82) is 0 Å². The van der Waals surface area contributed by atoms with Crippen LogP contribution in [0.3, 0.4) is 0 Å². The summed E-state index contributed by atoms with van der Waals surface area (Å²) in [6.45, 7) is 0.637. The van der Waals surface area contributed by atoms with Crippen LogP contribution in [0, 0.1) is 11.7 Å². The Bertz CT molecular complexity index is 556. The second kappa shape index (κ2) is 5.75. The Labute approximate surface area is 116 Å². The molecule has 1 N–H and O–H groups in total. The SMILES string of the molecule is O=S(=O)(c1cccc(Cl)c1F)N1CCC(CO)CC1. The lowest BCUT2D eigenvalue weighted by Gasteiger charge is -2.30. The van der Waals surface area contributed by atoms with Crippen LogP contribution in [-0.4, -0.2) is 37.5 Å². The minimum atomic E-state index is -3.85. The molecule has 19 heavy (non-hydrogen) atoms. The molecule has 1 aliphatic rings. The first-order valence-corrected chi connectivity index (χ1v) is 7.83. The summed E-state index contributed by atoms with van der Waals surface area (Å²) in [7, 11) is -3.85. The van der Waals surface area contributed by atoms with Gasteiger partial charge in [-0.25, -0.2) is 12.8 Å². The number of nitrogens with zero attached hydrogens (tertiary/aromatic N) is 1. The lowest BCUT2D eigenvalue weighted by atomic mass is 10.00. The molecule has 0 bridgehead atoms. The molecule has 0 saturated carbocycles. The molecule has 0 amide bonds. The number of halogens is 2. The van der Waals surface area contributed by atoms with Crippen molar-refractivity contribution >= 4 is 21.6 Å². The van der Waals surface area contributed by atoms with Crippen LogP contribution in [0.15, 0.2) is 23.1 Å². The zero-order valence-electron chi connectivity index (χ0n) is 10.2. The van der Waals surface area contributed by atoms with Crippen LogP contribution in [0.2, 0.25) is 5.02 Å². The lowest BCUT2D eigenvalue weighted by Crippen LogP contribution is -2.39. The quantitative estimate of drug-likeness (QED) is 0.927. The molecule has 0 aromatic heterocycles. The number of piperidine rings is 1. The fourth-order valence-corrected chi connectivity index (χ4v) is 3.94. The fraction of sp³-hybridized carbons (Fsp3) is 0.500. The van der Waals surface area contributed by atoms with Crippen LogP contribution in [0.4, 0.5) is 4.39 Å². The number of hydrogen-bond donors (Lipinski definition) is 1. The maximum Gasteiger partial charge on any atom is 0.246 e. The van der Waals surface area contributed by atoms with E-state index in [9.17, 15) is 12.8 Å². The summed E-state index contributed by atoms with van der Waals surface area (Å²) >= 11 is 5.61. The third-order valence-corrected chi connectivity index (χ3v) is 5.57. The van der Waals surface area contributed by atoms with Crippen molar-refractivity contribution in [3.05, 3.63) is 29.0 Å². The average molecular weight is 308 g/mol. The molecule has 1 aliphatic heterocycles. The third kappa shape index (κ3) is 2.91. The smallest absolute Gasteiger partial charge is 0.246 e. The van der Waals surface area contributed by atoms with E-state index in [1.54, 1.807) is 0 Å². The highest BCUT2D eigenvalue weighted by Crippen LogP contribution is 2.27. The first-order chi connectivity index (χ1) is 8.96. The van der Waals surface area contributed by atoms with Crippen molar-refractivity contribution in [2.75, 3.05) is 19.7 Å². The van der Waals surface area contributed by atoms with Gasteiger partial charge in [0.05, 0.1) is 5.02 Å². The zero-order chi connectivity index (χ0) is 14.0. The van der Waals surface area contributed by atoms with E-state index in [1.807, 2.05) is 0 Å². The highest BCUT2D eigenvalue weighted by molar-refractivity contribution is 7.89. The van der Waals surface area contributed by atoms with Gasteiger partial charge in [0, 0.05) is 19.7 Å². The van der Waals surface area contributed by atoms with Crippen molar-refractivity contribution in [2.45, 2.75) is 17.7 Å². The molecule has 0 radical (unpaired) electrons. The number of benzene rings is 1. The molecule has 0 aliphatic carbocycles. The Kier molecular flexibility index (Phi) is 4.45. The molecule has 0 unspecified atom stereocenters. The maximum atomic E-state index is 13.8. The number of aliphatic hydroxyl groups is 1. The Hall–Kier alpha value is -0.690. The number of rotatable bonds is 3. The molecule has 7 heteroatoms. The molecule has 2 rings (SSSR count). The Balaban J connectivity index is 2.26. The Morgan fingerprint density at radius 2 is 2.00 bits per heavy atom. The summed E-state index contributed by atoms with van der Waals surface area (Å²) < 4.78 is 39.7. The van der Waals surface area contributed by atoms with E-state index < -0.39 is 15.8 Å². The maximum absolute atomic E-state index is 13.8. The van der Waals surface area contributed by atoms with Crippen LogP contribution in [0.25, 0.3) is 0 Å². The normalized spacial score (nSPS) is 18.7. The molecule has 0 spiro atoms. The molecule has 106 valence electrons. The molecule has 1 heterocycles. The van der Waals surface area contributed by atoms with E-state index in [4.69, 9.17) is 16.7 Å². The van der Waals surface area contributed by atoms with Crippen LogP contribution >= 0.6 is 11.6 Å². The average Bonchev–Trinajstić information content (AvgIpc) is 2.41. The van der Waals surface area contributed by atoms with Gasteiger partial charge in [0.15, 0.2) is 5.82 Å². The summed E-state index contributed by atoms with van der Waals surface area (Å²) in [6.07, 6.45) is 1.16. The minimum Gasteiger partial charge on any atom is -0.396 e. The molecule has 0 atom stereocenters. The first kappa shape index (κ1) is 14.7. The molecular formula is C12H15ClFNO3S. The van der Waals surface area contributed by atoms with Gasteiger partial charge in [0.25, 0.3) is 0 Å². The summed E-state index contributed by atoms with van der Waals surface area (Å²) in [4.78, 5) is -0.387. The Morgan fingerprint density at radius 1 is 1.37 bits per heavy atom. The largest absolute Gasteiger partial charge is 0.396 e. The molecule has 1 fully saturated rings. The highest BCUT2D eigenvalue weighted by Gasteiger charge is 2.31. The van der Waals surface area contributed by atoms with Gasteiger partial charge in [0.2, 0.25) is 10.0 Å². The van der Waals surface area contributed by atoms with Crippen molar-refractivity contribution < 1.29 is 17.9 Å². The van der Waals surface area contributed by atoms with Gasteiger partial charge >= 0.3 is 0 Å². The van der Waals surface area contributed by atoms with Crippen molar-refractivity contribution in [1.82, 2.24) is 4.31 Å². The standard InChI is InChI=1S/C12H15ClFNO3S/c13-10-2-1-3-11(12(10)14)19(17,18)15-6-4-9(8-16)5-7-15/h1-3,9,16H,4-8H2. The van der Waals surface area contributed by atoms with E-state index in [1.165, 1.54) is 22.5 Å². The molecule has 1 saturated heterocycles. The van der Waals surface area contributed by atoms with Gasteiger partial charge in [-0.15, -0.1) is 0 Å². The molecular weight excluding hydrogens is 293 g/mol. The van der Waals surface area contributed by atoms with Gasteiger partial charge in [0.1, 0.15) is 4.90 Å². The molecule has 1 aromatic carbocycles. The van der Waals surface area contributed by atoms with Gasteiger partial charge in [-0.05, 0) is 30.9 Å². The third-order valence-electron chi connectivity index (χ3n) is 3.37. The fourth-order valence-electron chi connectivity index (χ4n) is 2.15. The van der Waals surface area contributed by atoms with Crippen LogP contribution < -0.4 is 0 Å². The number of sulfonamides is 1. The molecule has 4 nitrogen and oxygen atoms in total. The topological polar surface area (TPSA) is 57.6 Å². The summed E-state index contributed by atoms with van der Waals surface area (Å²) in [5, 5.41) is 8.83. The summed E-state index contributed by atoms with van der Waals surface area (Å²) in [5.41, 5.74) is 0. The predicted octanol–water partition coefficient (Wildman–Crippen LogP) is 1.87. The Morgan fingerprint density at radius 3 is 2.58 bits per heavy atom. The van der Waals surface area contributed by atoms with E-state index in [-0.39, 0.29) is 22.4 Å². The number of aliphatic hydroxyl groups excluding tert-OH is 1. The lowest BCUT2D eigenvalue weighted by molar-refractivity contribution is 0.170. The summed E-state index contributed by atoms with van der Waals surface area (Å²) in [5.74, 6) is -0.788. The van der Waals surface area contributed by atoms with Gasteiger partial charge in [-0.1, -0.05) is 17.7 Å². The zero-order valence-corrected chi connectivity index (χ0v) is 11.8. The monoisotopic (exact) mass is 307 g/mol. The highest BCUT2D eigenvalue weighted by atomic mass is 35.5. The van der Waals surface area contributed by atoms with Gasteiger partial charge < -0.3 is 5.11 Å². The molecule has 1 aromatic rings.